The van der Waals surface area contributed by atoms with Crippen LogP contribution in [0, 0.1) is 0 Å². The van der Waals surface area contributed by atoms with E-state index in [1.54, 1.807) is 6.33 Å². The average Bonchev–Trinajstić information content (AvgIpc) is 2.88. The molecule has 0 saturated heterocycles. The molecule has 0 fully saturated rings. The Morgan fingerprint density at radius 2 is 2.10 bits per heavy atom. The maximum Gasteiger partial charge on any atom is 0.190 e. The van der Waals surface area contributed by atoms with E-state index in [-0.39, 0.29) is 12.7 Å². The Bertz CT molecular complexity index is 562. The van der Waals surface area contributed by atoms with Gasteiger partial charge in [-0.3, -0.25) is 0 Å². The van der Waals surface area contributed by atoms with Crippen molar-refractivity contribution in [2.75, 3.05) is 12.4 Å². The number of aliphatic hydroxyl groups is 1. The van der Waals surface area contributed by atoms with Crippen molar-refractivity contribution in [1.29, 1.82) is 0 Å². The Hall–Kier alpha value is -1.08. The van der Waals surface area contributed by atoms with Crippen molar-refractivity contribution in [2.24, 2.45) is 7.05 Å². The third kappa shape index (κ3) is 5.00. The van der Waals surface area contributed by atoms with Crippen LogP contribution in [0.4, 0.5) is 0 Å². The van der Waals surface area contributed by atoms with Gasteiger partial charge in [0.2, 0.25) is 0 Å². The highest BCUT2D eigenvalue weighted by Gasteiger charge is 2.12. The molecule has 0 aliphatic rings. The largest absolute Gasteiger partial charge is 0.390 e. The number of hydrogen-bond acceptors (Lipinski definition) is 5. The zero-order chi connectivity index (χ0) is 15.2. The van der Waals surface area contributed by atoms with Crippen LogP contribution in [-0.2, 0) is 11.8 Å². The first-order valence-electron chi connectivity index (χ1n) is 6.58. The topological polar surface area (TPSA) is 60.2 Å². The van der Waals surface area contributed by atoms with E-state index >= 15 is 0 Å². The van der Waals surface area contributed by atoms with Crippen molar-refractivity contribution in [1.82, 2.24) is 14.8 Å². The number of ether oxygens (including phenoxy) is 1. The summed E-state index contributed by atoms with van der Waals surface area (Å²) in [6.07, 6.45) is 0.992. The van der Waals surface area contributed by atoms with Gasteiger partial charge in [0.15, 0.2) is 5.16 Å². The summed E-state index contributed by atoms with van der Waals surface area (Å²) >= 11 is 7.30. The quantitative estimate of drug-likeness (QED) is 0.792. The van der Waals surface area contributed by atoms with E-state index in [1.807, 2.05) is 42.8 Å². The third-order valence-corrected chi connectivity index (χ3v) is 4.38. The van der Waals surface area contributed by atoms with E-state index in [2.05, 4.69) is 10.2 Å². The molecule has 7 heteroatoms. The van der Waals surface area contributed by atoms with Gasteiger partial charge in [0.25, 0.3) is 0 Å². The maximum absolute atomic E-state index is 9.95. The fourth-order valence-corrected chi connectivity index (χ4v) is 2.63. The molecule has 1 N–H and O–H groups in total. The van der Waals surface area contributed by atoms with Crippen LogP contribution in [0.15, 0.2) is 35.7 Å². The Labute approximate surface area is 133 Å². The number of benzene rings is 1. The molecule has 0 radical (unpaired) electrons. The van der Waals surface area contributed by atoms with Crippen LogP contribution >= 0.6 is 23.4 Å². The lowest BCUT2D eigenvalue weighted by Crippen LogP contribution is -2.19. The number of aromatic nitrogens is 3. The van der Waals surface area contributed by atoms with Crippen molar-refractivity contribution in [3.05, 3.63) is 41.2 Å². The van der Waals surface area contributed by atoms with Crippen LogP contribution in [0.5, 0.6) is 0 Å². The summed E-state index contributed by atoms with van der Waals surface area (Å²) in [7, 11) is 1.87. The molecule has 5 nitrogen and oxygen atoms in total. The summed E-state index contributed by atoms with van der Waals surface area (Å²) in [6.45, 7) is 2.22. The highest BCUT2D eigenvalue weighted by molar-refractivity contribution is 7.99. The zero-order valence-corrected chi connectivity index (χ0v) is 13.5. The monoisotopic (exact) mass is 327 g/mol. The SMILES string of the molecule is C[C@@H](OC[C@@H](O)CSc1nncn1C)c1ccc(Cl)cc1. The van der Waals surface area contributed by atoms with Crippen LogP contribution in [0.1, 0.15) is 18.6 Å². The summed E-state index contributed by atoms with van der Waals surface area (Å²) in [5.74, 6) is 0.514. The van der Waals surface area contributed by atoms with Crippen molar-refractivity contribution in [3.8, 4) is 0 Å². The minimum atomic E-state index is -0.554. The number of rotatable bonds is 7. The van der Waals surface area contributed by atoms with Gasteiger partial charge < -0.3 is 14.4 Å². The molecule has 0 aliphatic carbocycles. The van der Waals surface area contributed by atoms with E-state index in [4.69, 9.17) is 16.3 Å². The van der Waals surface area contributed by atoms with Gasteiger partial charge in [0.1, 0.15) is 6.33 Å². The van der Waals surface area contributed by atoms with Crippen LogP contribution in [-0.4, -0.2) is 38.3 Å². The summed E-state index contributed by atoms with van der Waals surface area (Å²) in [6, 6.07) is 7.51. The van der Waals surface area contributed by atoms with Gasteiger partial charge in [-0.1, -0.05) is 35.5 Å². The Kier molecular flexibility index (Phi) is 6.05. The number of hydrogen-bond donors (Lipinski definition) is 1. The molecule has 0 amide bonds. The second kappa shape index (κ2) is 7.79. The molecule has 0 unspecified atom stereocenters. The first kappa shape index (κ1) is 16.3. The normalized spacial score (nSPS) is 14.1. The van der Waals surface area contributed by atoms with E-state index in [9.17, 15) is 5.11 Å². The van der Waals surface area contributed by atoms with Gasteiger partial charge in [0, 0.05) is 17.8 Å². The van der Waals surface area contributed by atoms with Crippen molar-refractivity contribution < 1.29 is 9.84 Å². The fraction of sp³-hybridized carbons (Fsp3) is 0.429. The Balaban J connectivity index is 1.74. The van der Waals surface area contributed by atoms with Gasteiger partial charge in [-0.15, -0.1) is 10.2 Å². The van der Waals surface area contributed by atoms with Gasteiger partial charge in [-0.2, -0.15) is 0 Å². The Morgan fingerprint density at radius 3 is 2.71 bits per heavy atom. The smallest absolute Gasteiger partial charge is 0.190 e. The van der Waals surface area contributed by atoms with Crippen molar-refractivity contribution in [2.45, 2.75) is 24.3 Å². The second-order valence-electron chi connectivity index (χ2n) is 4.72. The average molecular weight is 328 g/mol. The summed E-state index contributed by atoms with van der Waals surface area (Å²) in [5.41, 5.74) is 1.03. The van der Waals surface area contributed by atoms with E-state index < -0.39 is 6.10 Å². The van der Waals surface area contributed by atoms with Crippen LogP contribution < -0.4 is 0 Å². The summed E-state index contributed by atoms with van der Waals surface area (Å²) in [5, 5.41) is 19.2. The predicted molar refractivity (Wildman–Crippen MR) is 83.6 cm³/mol. The van der Waals surface area contributed by atoms with E-state index in [1.165, 1.54) is 11.8 Å². The van der Waals surface area contributed by atoms with E-state index in [0.717, 1.165) is 10.7 Å². The molecule has 2 aromatic rings. The lowest BCUT2D eigenvalue weighted by atomic mass is 10.1. The number of aliphatic hydroxyl groups excluding tert-OH is 1. The van der Waals surface area contributed by atoms with Gasteiger partial charge in [-0.05, 0) is 24.6 Å². The number of halogens is 1. The van der Waals surface area contributed by atoms with Crippen molar-refractivity contribution in [3.63, 3.8) is 0 Å². The van der Waals surface area contributed by atoms with Gasteiger partial charge >= 0.3 is 0 Å². The highest BCUT2D eigenvalue weighted by Crippen LogP contribution is 2.20. The molecule has 0 aliphatic heterocycles. The predicted octanol–water partition coefficient (Wildman–Crippen LogP) is 2.70. The number of nitrogens with zero attached hydrogens (tertiary/aromatic N) is 3. The molecule has 114 valence electrons. The number of aryl methyl sites for hydroxylation is 1. The maximum atomic E-state index is 9.95. The molecule has 1 aromatic carbocycles. The third-order valence-electron chi connectivity index (χ3n) is 2.95. The first-order chi connectivity index (χ1) is 10.1. The van der Waals surface area contributed by atoms with Crippen LogP contribution in [0.3, 0.4) is 0 Å². The highest BCUT2D eigenvalue weighted by atomic mass is 35.5. The molecular weight excluding hydrogens is 310 g/mol. The van der Waals surface area contributed by atoms with Crippen molar-refractivity contribution >= 4 is 23.4 Å². The molecule has 1 aromatic heterocycles. The summed E-state index contributed by atoms with van der Waals surface area (Å²) < 4.78 is 7.49. The van der Waals surface area contributed by atoms with Gasteiger partial charge in [-0.25, -0.2) is 0 Å². The van der Waals surface area contributed by atoms with Crippen LogP contribution in [0.25, 0.3) is 0 Å². The fourth-order valence-electron chi connectivity index (χ4n) is 1.71. The lowest BCUT2D eigenvalue weighted by molar-refractivity contribution is 0.00621. The molecule has 0 saturated carbocycles. The number of thioether (sulfide) groups is 1. The molecule has 2 atom stereocenters. The molecule has 0 bridgehead atoms. The standard InChI is InChI=1S/C14H18ClN3O2S/c1-10(11-3-5-12(15)6-4-11)20-7-13(19)8-21-14-17-16-9-18(14)2/h3-6,9-10,13,19H,7-8H2,1-2H3/t10-,13-/m1/s1. The molecule has 2 rings (SSSR count). The molecule has 1 heterocycles. The Morgan fingerprint density at radius 1 is 1.38 bits per heavy atom. The first-order valence-corrected chi connectivity index (χ1v) is 7.94. The van der Waals surface area contributed by atoms with Gasteiger partial charge in [0.05, 0.1) is 18.8 Å². The summed E-state index contributed by atoms with van der Waals surface area (Å²) in [4.78, 5) is 0. The lowest BCUT2D eigenvalue weighted by Gasteiger charge is -2.16. The second-order valence-corrected chi connectivity index (χ2v) is 6.14. The zero-order valence-electron chi connectivity index (χ0n) is 11.9. The molecular formula is C14H18ClN3O2S. The molecule has 21 heavy (non-hydrogen) atoms. The van der Waals surface area contributed by atoms with E-state index in [0.29, 0.717) is 10.8 Å². The minimum Gasteiger partial charge on any atom is -0.390 e. The van der Waals surface area contributed by atoms with Crippen LogP contribution in [0.2, 0.25) is 5.02 Å². The molecule has 0 spiro atoms. The minimum absolute atomic E-state index is 0.0863.